The number of hydrogen-bond acceptors (Lipinski definition) is 3. The van der Waals surface area contributed by atoms with Gasteiger partial charge in [0.15, 0.2) is 0 Å². The van der Waals surface area contributed by atoms with Gasteiger partial charge in [0.1, 0.15) is 5.82 Å². The highest BCUT2D eigenvalue weighted by molar-refractivity contribution is 5.24. The third-order valence-electron chi connectivity index (χ3n) is 2.13. The number of hydrogen-bond donors (Lipinski definition) is 1. The molecule has 0 aromatic rings. The van der Waals surface area contributed by atoms with E-state index in [-0.39, 0.29) is 0 Å². The second-order valence-electron chi connectivity index (χ2n) is 3.08. The van der Waals surface area contributed by atoms with Crippen molar-refractivity contribution in [2.24, 2.45) is 5.73 Å². The predicted octanol–water partition coefficient (Wildman–Crippen LogP) is 1.08. The van der Waals surface area contributed by atoms with Gasteiger partial charge in [0, 0.05) is 20.1 Å². The van der Waals surface area contributed by atoms with Crippen molar-refractivity contribution >= 4 is 0 Å². The summed E-state index contributed by atoms with van der Waals surface area (Å²) in [7, 11) is 2.04. The van der Waals surface area contributed by atoms with E-state index in [0.717, 1.165) is 24.6 Å². The van der Waals surface area contributed by atoms with Crippen LogP contribution < -0.4 is 5.73 Å². The molecule has 3 heteroatoms. The van der Waals surface area contributed by atoms with Gasteiger partial charge >= 0.3 is 0 Å². The molecule has 13 heavy (non-hydrogen) atoms. The third kappa shape index (κ3) is 1.86. The average Bonchev–Trinajstić information content (AvgIpc) is 2.47. The number of nitrogens with zero attached hydrogens (tertiary/aromatic N) is 2. The van der Waals surface area contributed by atoms with Gasteiger partial charge in [-0.15, -0.1) is 0 Å². The van der Waals surface area contributed by atoms with Gasteiger partial charge in [-0.2, -0.15) is 0 Å². The van der Waals surface area contributed by atoms with Crippen LogP contribution in [-0.4, -0.2) is 29.9 Å². The van der Waals surface area contributed by atoms with E-state index >= 15 is 0 Å². The summed E-state index contributed by atoms with van der Waals surface area (Å²) in [5, 5.41) is 0. The van der Waals surface area contributed by atoms with Crippen molar-refractivity contribution in [3.05, 3.63) is 36.4 Å². The van der Waals surface area contributed by atoms with Crippen molar-refractivity contribution in [1.29, 1.82) is 0 Å². The Bertz CT molecular complexity index is 253. The summed E-state index contributed by atoms with van der Waals surface area (Å²) in [6, 6.07) is 0. The summed E-state index contributed by atoms with van der Waals surface area (Å²) in [4.78, 5) is 4.20. The van der Waals surface area contributed by atoms with Crippen LogP contribution >= 0.6 is 0 Å². The molecule has 1 heterocycles. The third-order valence-corrected chi connectivity index (χ3v) is 2.13. The molecule has 3 nitrogen and oxygen atoms in total. The Morgan fingerprint density at radius 2 is 2.23 bits per heavy atom. The summed E-state index contributed by atoms with van der Waals surface area (Å²) in [5.74, 6) is 1.05. The van der Waals surface area contributed by atoms with E-state index in [1.807, 2.05) is 32.3 Å². The maximum atomic E-state index is 5.91. The summed E-state index contributed by atoms with van der Waals surface area (Å²) >= 11 is 0. The van der Waals surface area contributed by atoms with Gasteiger partial charge < -0.3 is 15.5 Å². The number of likely N-dealkylation sites (N-methyl/N-ethyl adjacent to an activating group) is 1. The minimum atomic E-state index is 0.794. The zero-order valence-corrected chi connectivity index (χ0v) is 8.33. The minimum Gasteiger partial charge on any atom is -0.396 e. The van der Waals surface area contributed by atoms with Crippen LogP contribution in [0.5, 0.6) is 0 Å². The summed E-state index contributed by atoms with van der Waals surface area (Å²) in [5.41, 5.74) is 6.70. The van der Waals surface area contributed by atoms with E-state index in [2.05, 4.69) is 16.4 Å². The van der Waals surface area contributed by atoms with Gasteiger partial charge in [0.25, 0.3) is 0 Å². The van der Waals surface area contributed by atoms with Crippen molar-refractivity contribution in [2.75, 3.05) is 20.1 Å². The fourth-order valence-electron chi connectivity index (χ4n) is 1.51. The lowest BCUT2D eigenvalue weighted by molar-refractivity contribution is 0.440. The number of allylic oxidation sites excluding steroid dienone is 2. The van der Waals surface area contributed by atoms with Crippen molar-refractivity contribution in [1.82, 2.24) is 9.80 Å². The van der Waals surface area contributed by atoms with E-state index < -0.39 is 0 Å². The molecule has 1 fully saturated rings. The molecule has 0 aromatic heterocycles. The lowest BCUT2D eigenvalue weighted by atomic mass is 10.3. The largest absolute Gasteiger partial charge is 0.396 e. The van der Waals surface area contributed by atoms with E-state index in [1.54, 1.807) is 0 Å². The Balaban J connectivity index is 2.97. The molecule has 2 N–H and O–H groups in total. The average molecular weight is 179 g/mol. The van der Waals surface area contributed by atoms with E-state index in [0.29, 0.717) is 0 Å². The highest BCUT2D eigenvalue weighted by Gasteiger charge is 2.21. The molecule has 72 valence electrons. The van der Waals surface area contributed by atoms with Gasteiger partial charge in [-0.3, -0.25) is 0 Å². The Morgan fingerprint density at radius 1 is 1.54 bits per heavy atom. The quantitative estimate of drug-likeness (QED) is 0.688. The molecule has 0 atom stereocenters. The molecule has 0 aliphatic carbocycles. The molecule has 1 rings (SSSR count). The number of rotatable bonds is 2. The molecule has 1 saturated heterocycles. The first-order valence-corrected chi connectivity index (χ1v) is 4.43. The molecule has 0 unspecified atom stereocenters. The molecule has 0 amide bonds. The fraction of sp³-hybridized carbons (Fsp3) is 0.400. The second-order valence-corrected chi connectivity index (χ2v) is 3.08. The normalized spacial score (nSPS) is 21.4. The SMILES string of the molecule is C=CN1CCN(C)/C1=C(N)/C=C\C. The van der Waals surface area contributed by atoms with Crippen molar-refractivity contribution in [3.8, 4) is 0 Å². The number of nitrogens with two attached hydrogens (primary N) is 1. The van der Waals surface area contributed by atoms with Crippen LogP contribution in [0.3, 0.4) is 0 Å². The Labute approximate surface area is 79.8 Å². The predicted molar refractivity (Wildman–Crippen MR) is 55.6 cm³/mol. The van der Waals surface area contributed by atoms with Gasteiger partial charge in [-0.1, -0.05) is 12.7 Å². The van der Waals surface area contributed by atoms with Gasteiger partial charge in [-0.05, 0) is 19.2 Å². The molecular weight excluding hydrogens is 162 g/mol. The molecule has 1 aliphatic rings. The van der Waals surface area contributed by atoms with Crippen LogP contribution in [0.1, 0.15) is 6.92 Å². The lowest BCUT2D eigenvalue weighted by Gasteiger charge is -2.19. The van der Waals surface area contributed by atoms with Crippen LogP contribution in [0, 0.1) is 0 Å². The van der Waals surface area contributed by atoms with Gasteiger partial charge in [-0.25, -0.2) is 0 Å². The Morgan fingerprint density at radius 3 is 2.77 bits per heavy atom. The zero-order valence-electron chi connectivity index (χ0n) is 8.33. The molecular formula is C10H17N3. The molecule has 1 aliphatic heterocycles. The second kappa shape index (κ2) is 4.03. The summed E-state index contributed by atoms with van der Waals surface area (Å²) in [6.07, 6.45) is 5.67. The van der Waals surface area contributed by atoms with Crippen molar-refractivity contribution < 1.29 is 0 Å². The Hall–Kier alpha value is -1.38. The maximum Gasteiger partial charge on any atom is 0.131 e. The molecule has 0 spiro atoms. The van der Waals surface area contributed by atoms with E-state index in [9.17, 15) is 0 Å². The van der Waals surface area contributed by atoms with Crippen LogP contribution in [-0.2, 0) is 0 Å². The van der Waals surface area contributed by atoms with E-state index in [4.69, 9.17) is 5.73 Å². The monoisotopic (exact) mass is 179 g/mol. The summed E-state index contributed by atoms with van der Waals surface area (Å²) < 4.78 is 0. The van der Waals surface area contributed by atoms with E-state index in [1.165, 1.54) is 0 Å². The zero-order chi connectivity index (χ0) is 9.84. The molecule has 0 saturated carbocycles. The topological polar surface area (TPSA) is 32.5 Å². The first-order valence-electron chi connectivity index (χ1n) is 4.43. The van der Waals surface area contributed by atoms with Crippen LogP contribution in [0.4, 0.5) is 0 Å². The summed E-state index contributed by atoms with van der Waals surface area (Å²) in [6.45, 7) is 7.68. The molecule has 0 aromatic carbocycles. The van der Waals surface area contributed by atoms with Gasteiger partial charge in [0.05, 0.1) is 5.70 Å². The van der Waals surface area contributed by atoms with Crippen molar-refractivity contribution in [3.63, 3.8) is 0 Å². The molecule has 0 bridgehead atoms. The van der Waals surface area contributed by atoms with Crippen LogP contribution in [0.2, 0.25) is 0 Å². The highest BCUT2D eigenvalue weighted by atomic mass is 15.4. The maximum absolute atomic E-state index is 5.91. The first kappa shape index (κ1) is 9.71. The highest BCUT2D eigenvalue weighted by Crippen LogP contribution is 2.18. The smallest absolute Gasteiger partial charge is 0.131 e. The van der Waals surface area contributed by atoms with Crippen LogP contribution in [0.25, 0.3) is 0 Å². The van der Waals surface area contributed by atoms with Crippen molar-refractivity contribution in [2.45, 2.75) is 6.92 Å². The Kier molecular flexibility index (Phi) is 3.01. The lowest BCUT2D eigenvalue weighted by Crippen LogP contribution is -2.20. The minimum absolute atomic E-state index is 0.794. The fourth-order valence-corrected chi connectivity index (χ4v) is 1.51. The van der Waals surface area contributed by atoms with Gasteiger partial charge in [0.2, 0.25) is 0 Å². The van der Waals surface area contributed by atoms with Crippen LogP contribution in [0.15, 0.2) is 36.4 Å². The molecule has 0 radical (unpaired) electrons. The first-order chi connectivity index (χ1) is 6.20. The standard InChI is InChI=1S/C10H17N3/c1-4-6-9(11)10-12(3)7-8-13(10)5-2/h4-6H,2,7-8,11H2,1,3H3/b6-4-,10-9+.